The molecule has 0 bridgehead atoms. The zero-order chi connectivity index (χ0) is 15.6. The number of carbonyl (C=O) groups is 1. The predicted octanol–water partition coefficient (Wildman–Crippen LogP) is 1.17. The maximum Gasteiger partial charge on any atom is 0.227 e. The highest BCUT2D eigenvalue weighted by Gasteiger charge is 2.12. The standard InChI is InChI=1S/C21H16NO.HI/c23-21(15-22-12-4-1-5-13-22)18-11-10-17-9-8-16-6-2-3-7-19(16)20(17)14-18;/h1-14H,15H2;1H/q+1;/p-1. The molecule has 1 heterocycles. The third-order valence-electron chi connectivity index (χ3n) is 4.17. The normalized spacial score (nSPS) is 10.5. The molecule has 0 saturated heterocycles. The molecule has 4 rings (SSSR count). The fourth-order valence-corrected chi connectivity index (χ4v) is 2.97. The third kappa shape index (κ3) is 3.17. The van der Waals surface area contributed by atoms with Crippen LogP contribution in [0.5, 0.6) is 0 Å². The summed E-state index contributed by atoms with van der Waals surface area (Å²) in [7, 11) is 0. The van der Waals surface area contributed by atoms with Crippen molar-refractivity contribution >= 4 is 27.3 Å². The summed E-state index contributed by atoms with van der Waals surface area (Å²) in [5.41, 5.74) is 0.755. The summed E-state index contributed by atoms with van der Waals surface area (Å²) in [5, 5.41) is 4.67. The number of aromatic nitrogens is 1. The van der Waals surface area contributed by atoms with E-state index in [2.05, 4.69) is 24.3 Å². The Labute approximate surface area is 157 Å². The van der Waals surface area contributed by atoms with Crippen LogP contribution in [-0.4, -0.2) is 5.78 Å². The van der Waals surface area contributed by atoms with Crippen LogP contribution in [-0.2, 0) is 6.54 Å². The Morgan fingerprint density at radius 1 is 0.750 bits per heavy atom. The number of carbonyl (C=O) groups excluding carboxylic acids is 1. The number of benzene rings is 3. The molecule has 0 atom stereocenters. The van der Waals surface area contributed by atoms with E-state index < -0.39 is 0 Å². The summed E-state index contributed by atoms with van der Waals surface area (Å²) in [6.45, 7) is 0.358. The minimum Gasteiger partial charge on any atom is -1.00 e. The lowest BCUT2D eigenvalue weighted by Crippen LogP contribution is -3.00. The summed E-state index contributed by atoms with van der Waals surface area (Å²) in [5.74, 6) is 0.121. The Hall–Kier alpha value is -2.27. The quantitative estimate of drug-likeness (QED) is 0.209. The van der Waals surface area contributed by atoms with Gasteiger partial charge in [0.25, 0.3) is 0 Å². The van der Waals surface area contributed by atoms with Crippen LogP contribution in [0.15, 0.2) is 85.2 Å². The molecule has 3 heteroatoms. The summed E-state index contributed by atoms with van der Waals surface area (Å²) < 4.78 is 1.90. The minimum atomic E-state index is 0. The number of Topliss-reactive ketones (excluding diaryl/α,β-unsaturated/α-hetero) is 1. The monoisotopic (exact) mass is 425 g/mol. The van der Waals surface area contributed by atoms with E-state index in [-0.39, 0.29) is 29.8 Å². The smallest absolute Gasteiger partial charge is 0.227 e. The van der Waals surface area contributed by atoms with Crippen LogP contribution >= 0.6 is 0 Å². The van der Waals surface area contributed by atoms with Crippen molar-refractivity contribution in [2.75, 3.05) is 0 Å². The first-order chi connectivity index (χ1) is 11.3. The topological polar surface area (TPSA) is 20.9 Å². The minimum absolute atomic E-state index is 0. The highest BCUT2D eigenvalue weighted by atomic mass is 127. The second-order valence-electron chi connectivity index (χ2n) is 5.69. The molecule has 4 aromatic rings. The Morgan fingerprint density at radius 3 is 2.21 bits per heavy atom. The molecule has 2 nitrogen and oxygen atoms in total. The van der Waals surface area contributed by atoms with Crippen LogP contribution in [0.1, 0.15) is 10.4 Å². The Balaban J connectivity index is 0.00000169. The molecule has 0 unspecified atom stereocenters. The molecule has 0 spiro atoms. The van der Waals surface area contributed by atoms with Crippen molar-refractivity contribution in [3.8, 4) is 0 Å². The molecule has 24 heavy (non-hydrogen) atoms. The van der Waals surface area contributed by atoms with Crippen LogP contribution in [0.3, 0.4) is 0 Å². The maximum absolute atomic E-state index is 12.6. The predicted molar refractivity (Wildman–Crippen MR) is 92.4 cm³/mol. The van der Waals surface area contributed by atoms with Crippen LogP contribution < -0.4 is 28.5 Å². The average molecular weight is 425 g/mol. The van der Waals surface area contributed by atoms with Crippen LogP contribution in [0.2, 0.25) is 0 Å². The number of hydrogen-bond donors (Lipinski definition) is 0. The van der Waals surface area contributed by atoms with E-state index in [1.54, 1.807) is 0 Å². The number of fused-ring (bicyclic) bond motifs is 3. The molecule has 0 aliphatic heterocycles. The van der Waals surface area contributed by atoms with Gasteiger partial charge in [0.1, 0.15) is 0 Å². The molecule has 0 aliphatic rings. The lowest BCUT2D eigenvalue weighted by molar-refractivity contribution is -0.683. The van der Waals surface area contributed by atoms with Gasteiger partial charge in [0.15, 0.2) is 12.4 Å². The molecular weight excluding hydrogens is 409 g/mol. The first-order valence-electron chi connectivity index (χ1n) is 7.70. The SMILES string of the molecule is O=C(C[n+]1ccccc1)c1ccc2ccc3ccccc3c2c1.[I-]. The van der Waals surface area contributed by atoms with Gasteiger partial charge in [-0.2, -0.15) is 4.57 Å². The Bertz CT molecular complexity index is 1010. The van der Waals surface area contributed by atoms with Crippen molar-refractivity contribution in [2.45, 2.75) is 6.54 Å². The highest BCUT2D eigenvalue weighted by Crippen LogP contribution is 2.26. The fourth-order valence-electron chi connectivity index (χ4n) is 2.97. The molecule has 3 aromatic carbocycles. The van der Waals surface area contributed by atoms with Gasteiger partial charge in [0.2, 0.25) is 12.3 Å². The lowest BCUT2D eigenvalue weighted by Gasteiger charge is -2.06. The van der Waals surface area contributed by atoms with Gasteiger partial charge < -0.3 is 24.0 Å². The Kier molecular flexibility index (Phi) is 4.90. The van der Waals surface area contributed by atoms with E-state index in [1.165, 1.54) is 10.8 Å². The second-order valence-corrected chi connectivity index (χ2v) is 5.69. The number of halogens is 1. The van der Waals surface area contributed by atoms with Gasteiger partial charge in [-0.25, -0.2) is 0 Å². The maximum atomic E-state index is 12.6. The molecule has 0 saturated carbocycles. The summed E-state index contributed by atoms with van der Waals surface area (Å²) in [6.07, 6.45) is 3.82. The van der Waals surface area contributed by atoms with E-state index >= 15 is 0 Å². The molecule has 0 fully saturated rings. The van der Waals surface area contributed by atoms with Crippen molar-refractivity contribution in [3.63, 3.8) is 0 Å². The second kappa shape index (κ2) is 7.09. The molecule has 0 radical (unpaired) electrons. The molecule has 1 aromatic heterocycles. The van der Waals surface area contributed by atoms with Crippen molar-refractivity contribution in [2.24, 2.45) is 0 Å². The van der Waals surface area contributed by atoms with Gasteiger partial charge in [-0.15, -0.1) is 0 Å². The van der Waals surface area contributed by atoms with Gasteiger partial charge in [-0.05, 0) is 27.6 Å². The van der Waals surface area contributed by atoms with E-state index in [0.29, 0.717) is 6.54 Å². The molecule has 0 aliphatic carbocycles. The van der Waals surface area contributed by atoms with Crippen LogP contribution in [0.25, 0.3) is 21.5 Å². The fraction of sp³-hybridized carbons (Fsp3) is 0.0476. The number of ketones is 1. The number of nitrogens with zero attached hydrogens (tertiary/aromatic N) is 1. The van der Waals surface area contributed by atoms with Gasteiger partial charge in [0.05, 0.1) is 0 Å². The van der Waals surface area contributed by atoms with Crippen molar-refractivity contribution in [1.29, 1.82) is 0 Å². The summed E-state index contributed by atoms with van der Waals surface area (Å²) >= 11 is 0. The van der Waals surface area contributed by atoms with Crippen molar-refractivity contribution in [3.05, 3.63) is 90.8 Å². The molecule has 0 amide bonds. The first kappa shape index (κ1) is 16.6. The van der Waals surface area contributed by atoms with Crippen molar-refractivity contribution < 1.29 is 33.3 Å². The van der Waals surface area contributed by atoms with Crippen LogP contribution in [0.4, 0.5) is 0 Å². The molecule has 118 valence electrons. The number of hydrogen-bond acceptors (Lipinski definition) is 1. The third-order valence-corrected chi connectivity index (χ3v) is 4.17. The lowest BCUT2D eigenvalue weighted by atomic mass is 9.99. The molecule has 0 N–H and O–H groups in total. The van der Waals surface area contributed by atoms with Crippen molar-refractivity contribution in [1.82, 2.24) is 0 Å². The zero-order valence-corrected chi connectivity index (χ0v) is 15.2. The van der Waals surface area contributed by atoms with Gasteiger partial charge >= 0.3 is 0 Å². The largest absolute Gasteiger partial charge is 1.00 e. The molecular formula is C21H16INO. The van der Waals surface area contributed by atoms with E-state index in [1.807, 2.05) is 65.5 Å². The number of rotatable bonds is 3. The summed E-state index contributed by atoms with van der Waals surface area (Å²) in [4.78, 5) is 12.6. The first-order valence-corrected chi connectivity index (χ1v) is 7.70. The zero-order valence-electron chi connectivity index (χ0n) is 13.0. The van der Waals surface area contributed by atoms with Gasteiger partial charge in [0, 0.05) is 17.7 Å². The van der Waals surface area contributed by atoms with E-state index in [9.17, 15) is 4.79 Å². The number of pyridine rings is 1. The highest BCUT2D eigenvalue weighted by molar-refractivity contribution is 6.10. The Morgan fingerprint density at radius 2 is 1.42 bits per heavy atom. The van der Waals surface area contributed by atoms with Gasteiger partial charge in [-0.3, -0.25) is 4.79 Å². The average Bonchev–Trinajstić information content (AvgIpc) is 2.62. The summed E-state index contributed by atoms with van der Waals surface area (Å²) in [6, 6.07) is 24.3. The van der Waals surface area contributed by atoms with Crippen LogP contribution in [0, 0.1) is 0 Å². The van der Waals surface area contributed by atoms with E-state index in [4.69, 9.17) is 0 Å². The van der Waals surface area contributed by atoms with Gasteiger partial charge in [-0.1, -0.05) is 54.6 Å². The van der Waals surface area contributed by atoms with E-state index in [0.717, 1.165) is 16.3 Å².